The van der Waals surface area contributed by atoms with E-state index in [9.17, 15) is 18.0 Å². The van der Waals surface area contributed by atoms with Crippen molar-refractivity contribution in [2.75, 3.05) is 31.6 Å². The van der Waals surface area contributed by atoms with Crippen LogP contribution in [0.2, 0.25) is 5.02 Å². The number of carbonyl (C=O) groups excluding carboxylic acids is 2. The predicted molar refractivity (Wildman–Crippen MR) is 184 cm³/mol. The van der Waals surface area contributed by atoms with Crippen LogP contribution in [0.5, 0.6) is 11.5 Å². The number of halogens is 1. The van der Waals surface area contributed by atoms with Crippen molar-refractivity contribution in [3.05, 3.63) is 119 Å². The summed E-state index contributed by atoms with van der Waals surface area (Å²) < 4.78 is 40.7. The molecule has 0 aliphatic heterocycles. The molecule has 0 aliphatic rings. The number of nitrogens with one attached hydrogen (secondary N) is 1. The Labute approximate surface area is 282 Å². The molecule has 1 N–H and O–H groups in total. The molecule has 9 nitrogen and oxygen atoms in total. The molecule has 0 heterocycles. The largest absolute Gasteiger partial charge is 0.497 e. The van der Waals surface area contributed by atoms with Crippen molar-refractivity contribution < 1.29 is 27.5 Å². The zero-order valence-corrected chi connectivity index (χ0v) is 28.6. The second-order valence-electron chi connectivity index (χ2n) is 11.0. The summed E-state index contributed by atoms with van der Waals surface area (Å²) in [6.07, 6.45) is 0.913. The Morgan fingerprint density at radius 3 is 2.17 bits per heavy atom. The van der Waals surface area contributed by atoms with E-state index < -0.39 is 28.5 Å². The Morgan fingerprint density at radius 2 is 1.55 bits per heavy atom. The van der Waals surface area contributed by atoms with Gasteiger partial charge in [0.05, 0.1) is 24.8 Å². The summed E-state index contributed by atoms with van der Waals surface area (Å²) in [5.74, 6) is -0.339. The molecular weight excluding hydrogens is 638 g/mol. The van der Waals surface area contributed by atoms with Gasteiger partial charge in [-0.2, -0.15) is 0 Å². The minimum atomic E-state index is -4.32. The van der Waals surface area contributed by atoms with E-state index in [-0.39, 0.29) is 35.2 Å². The van der Waals surface area contributed by atoms with Crippen LogP contribution in [0.4, 0.5) is 5.69 Å². The molecule has 0 bridgehead atoms. The molecule has 0 aromatic heterocycles. The highest BCUT2D eigenvalue weighted by molar-refractivity contribution is 7.92. The topological polar surface area (TPSA) is 105 Å². The molecule has 4 aromatic rings. The lowest BCUT2D eigenvalue weighted by molar-refractivity contribution is -0.140. The summed E-state index contributed by atoms with van der Waals surface area (Å²) in [6.45, 7) is 3.62. The van der Waals surface area contributed by atoms with Gasteiger partial charge in [-0.25, -0.2) is 8.42 Å². The number of sulfonamides is 1. The van der Waals surface area contributed by atoms with E-state index in [0.29, 0.717) is 23.7 Å². The van der Waals surface area contributed by atoms with Crippen molar-refractivity contribution >= 4 is 39.1 Å². The highest BCUT2D eigenvalue weighted by atomic mass is 35.5. The van der Waals surface area contributed by atoms with Crippen LogP contribution in [-0.2, 0) is 32.6 Å². The van der Waals surface area contributed by atoms with Crippen molar-refractivity contribution in [3.8, 4) is 11.5 Å². The first-order valence-electron chi connectivity index (χ1n) is 15.2. The van der Waals surface area contributed by atoms with Gasteiger partial charge in [0.25, 0.3) is 10.0 Å². The van der Waals surface area contributed by atoms with Gasteiger partial charge in [-0.15, -0.1) is 0 Å². The van der Waals surface area contributed by atoms with Crippen molar-refractivity contribution in [1.82, 2.24) is 10.2 Å². The van der Waals surface area contributed by atoms with Gasteiger partial charge in [0.15, 0.2) is 0 Å². The molecule has 0 radical (unpaired) electrons. The number of methoxy groups -OCH3 is 2. The number of nitrogens with zero attached hydrogens (tertiary/aromatic N) is 2. The van der Waals surface area contributed by atoms with Crippen LogP contribution >= 0.6 is 11.6 Å². The molecule has 4 aromatic carbocycles. The summed E-state index contributed by atoms with van der Waals surface area (Å²) in [4.78, 5) is 29.9. The first kappa shape index (κ1) is 35.3. The van der Waals surface area contributed by atoms with E-state index in [1.807, 2.05) is 44.2 Å². The van der Waals surface area contributed by atoms with Gasteiger partial charge in [-0.3, -0.25) is 13.9 Å². The molecule has 4 rings (SSSR count). The first-order valence-corrected chi connectivity index (χ1v) is 17.1. The van der Waals surface area contributed by atoms with E-state index in [0.717, 1.165) is 21.0 Å². The lowest BCUT2D eigenvalue weighted by atomic mass is 10.0. The molecule has 1 atom stereocenters. The van der Waals surface area contributed by atoms with Crippen LogP contribution in [-0.4, -0.2) is 58.5 Å². The number of rotatable bonds is 15. The predicted octanol–water partition coefficient (Wildman–Crippen LogP) is 6.03. The molecule has 0 aliphatic carbocycles. The Balaban J connectivity index is 1.85. The fourth-order valence-electron chi connectivity index (χ4n) is 5.05. The Bertz CT molecular complexity index is 1750. The van der Waals surface area contributed by atoms with Crippen LogP contribution < -0.4 is 19.1 Å². The van der Waals surface area contributed by atoms with Gasteiger partial charge in [0.2, 0.25) is 11.8 Å². The highest BCUT2D eigenvalue weighted by Gasteiger charge is 2.35. The summed E-state index contributed by atoms with van der Waals surface area (Å²) in [6, 6.07) is 26.5. The van der Waals surface area contributed by atoms with Crippen molar-refractivity contribution in [2.24, 2.45) is 0 Å². The third-order valence-electron chi connectivity index (χ3n) is 7.63. The third-order valence-corrected chi connectivity index (χ3v) is 9.65. The third kappa shape index (κ3) is 9.05. The molecule has 0 saturated carbocycles. The molecule has 0 spiro atoms. The Morgan fingerprint density at radius 1 is 0.872 bits per heavy atom. The molecule has 0 fully saturated rings. The maximum atomic E-state index is 14.6. The van der Waals surface area contributed by atoms with Crippen LogP contribution in [0.25, 0.3) is 0 Å². The maximum Gasteiger partial charge on any atom is 0.264 e. The number of amides is 2. The maximum absolute atomic E-state index is 14.6. The van der Waals surface area contributed by atoms with Crippen molar-refractivity contribution in [2.45, 2.75) is 44.2 Å². The number of benzene rings is 4. The number of hydrogen-bond donors (Lipinski definition) is 1. The minimum absolute atomic E-state index is 0.00783. The second kappa shape index (κ2) is 16.3. The number of hydrogen-bond acceptors (Lipinski definition) is 6. The van der Waals surface area contributed by atoms with Crippen LogP contribution in [0, 0.1) is 6.92 Å². The summed E-state index contributed by atoms with van der Waals surface area (Å²) in [7, 11) is -1.44. The number of carbonyl (C=O) groups is 2. The first-order chi connectivity index (χ1) is 22.6. The zero-order valence-electron chi connectivity index (χ0n) is 27.0. The molecule has 11 heteroatoms. The lowest BCUT2D eigenvalue weighted by Gasteiger charge is -2.34. The van der Waals surface area contributed by atoms with E-state index in [1.165, 1.54) is 37.3 Å². The van der Waals surface area contributed by atoms with Gasteiger partial charge in [0, 0.05) is 30.6 Å². The van der Waals surface area contributed by atoms with E-state index in [4.69, 9.17) is 21.1 Å². The van der Waals surface area contributed by atoms with Gasteiger partial charge in [0.1, 0.15) is 24.1 Å². The van der Waals surface area contributed by atoms with E-state index in [2.05, 4.69) is 5.32 Å². The fourth-order valence-corrected chi connectivity index (χ4v) is 6.59. The monoisotopic (exact) mass is 677 g/mol. The molecule has 248 valence electrons. The SMILES string of the molecule is CCCNC(=O)[C@H](Cc1ccccc1)N(Cc1ccc(Cl)cc1)C(=O)CN(c1cc(OC)ccc1OC)S(=O)(=O)c1ccc(C)cc1. The van der Waals surface area contributed by atoms with Gasteiger partial charge >= 0.3 is 0 Å². The second-order valence-corrected chi connectivity index (χ2v) is 13.3. The van der Waals surface area contributed by atoms with Gasteiger partial charge in [-0.1, -0.05) is 78.7 Å². The van der Waals surface area contributed by atoms with Crippen molar-refractivity contribution in [1.29, 1.82) is 0 Å². The number of anilines is 1. The molecule has 47 heavy (non-hydrogen) atoms. The van der Waals surface area contributed by atoms with E-state index in [1.54, 1.807) is 48.5 Å². The summed E-state index contributed by atoms with van der Waals surface area (Å²) in [5.41, 5.74) is 2.55. The molecule has 0 unspecified atom stereocenters. The van der Waals surface area contributed by atoms with E-state index >= 15 is 0 Å². The molecular formula is C36H40ClN3O6S. The van der Waals surface area contributed by atoms with Crippen molar-refractivity contribution in [3.63, 3.8) is 0 Å². The molecule has 2 amide bonds. The standard InChI is InChI=1S/C36H40ClN3O6S/c1-5-21-38-36(42)33(22-27-9-7-6-8-10-27)39(24-28-13-15-29(37)16-14-28)35(41)25-40(32-23-30(45-3)17-20-34(32)46-4)47(43,44)31-18-11-26(2)12-19-31/h6-20,23,33H,5,21-22,24-25H2,1-4H3,(H,38,42)/t33-/m0/s1. The minimum Gasteiger partial charge on any atom is -0.497 e. The normalized spacial score (nSPS) is 11.8. The summed E-state index contributed by atoms with van der Waals surface area (Å²) in [5, 5.41) is 3.46. The highest BCUT2D eigenvalue weighted by Crippen LogP contribution is 2.36. The smallest absolute Gasteiger partial charge is 0.264 e. The summed E-state index contributed by atoms with van der Waals surface area (Å²) >= 11 is 6.16. The number of ether oxygens (including phenoxy) is 2. The van der Waals surface area contributed by atoms with Crippen LogP contribution in [0.15, 0.2) is 102 Å². The van der Waals surface area contributed by atoms with Gasteiger partial charge in [-0.05, 0) is 60.9 Å². The fraction of sp³-hybridized carbons (Fsp3) is 0.278. The van der Waals surface area contributed by atoms with Crippen LogP contribution in [0.1, 0.15) is 30.0 Å². The molecule has 0 saturated heterocycles. The average Bonchev–Trinajstić information content (AvgIpc) is 3.08. The Kier molecular flexibility index (Phi) is 12.3. The number of aryl methyl sites for hydroxylation is 1. The Hall–Kier alpha value is -4.54. The zero-order chi connectivity index (χ0) is 34.0. The lowest BCUT2D eigenvalue weighted by Crippen LogP contribution is -2.53. The van der Waals surface area contributed by atoms with Gasteiger partial charge < -0.3 is 19.7 Å². The quantitative estimate of drug-likeness (QED) is 0.165. The van der Waals surface area contributed by atoms with Crippen LogP contribution in [0.3, 0.4) is 0 Å². The average molecular weight is 678 g/mol.